The molecular weight excluding hydrogens is 467 g/mol. The standard InChI is InChI=1S/C23H25BrP.BrH/c24-16-17-25(18-21-10-4-1-5-11-21,19-22-12-6-2-7-13-22)20-23-14-8-3-9-15-23;/h1-15H,16-20H2;1H/q+1;/p-1. The highest BCUT2D eigenvalue weighted by atomic mass is 79.9. The molecule has 0 aliphatic rings. The molecular formula is C23H25Br2P. The fourth-order valence-electron chi connectivity index (χ4n) is 3.50. The lowest BCUT2D eigenvalue weighted by Gasteiger charge is -2.28. The van der Waals surface area contributed by atoms with Crippen molar-refractivity contribution in [3.8, 4) is 0 Å². The van der Waals surface area contributed by atoms with Gasteiger partial charge in [-0.25, -0.2) is 0 Å². The molecule has 0 heterocycles. The van der Waals surface area contributed by atoms with Gasteiger partial charge in [0.15, 0.2) is 0 Å². The molecule has 0 saturated carbocycles. The van der Waals surface area contributed by atoms with Gasteiger partial charge in [-0.1, -0.05) is 107 Å². The van der Waals surface area contributed by atoms with E-state index in [2.05, 4.69) is 107 Å². The summed E-state index contributed by atoms with van der Waals surface area (Å²) in [5, 5.41) is 1.08. The Balaban J connectivity index is 0.00000243. The molecule has 0 spiro atoms. The highest BCUT2D eigenvalue weighted by Gasteiger charge is 2.37. The number of alkyl halides is 1. The summed E-state index contributed by atoms with van der Waals surface area (Å²) in [5.41, 5.74) is 4.43. The van der Waals surface area contributed by atoms with Crippen molar-refractivity contribution in [3.63, 3.8) is 0 Å². The summed E-state index contributed by atoms with van der Waals surface area (Å²) in [6, 6.07) is 33.1. The van der Waals surface area contributed by atoms with Crippen molar-refractivity contribution in [1.29, 1.82) is 0 Å². The lowest BCUT2D eigenvalue weighted by Crippen LogP contribution is -3.00. The maximum Gasteiger partial charge on any atom is 0.0849 e. The summed E-state index contributed by atoms with van der Waals surface area (Å²) >= 11 is 3.75. The van der Waals surface area contributed by atoms with Crippen molar-refractivity contribution in [3.05, 3.63) is 108 Å². The normalized spacial score (nSPS) is 11.0. The first-order valence-electron chi connectivity index (χ1n) is 8.82. The van der Waals surface area contributed by atoms with Gasteiger partial charge in [0.05, 0.1) is 24.6 Å². The Hall–Kier alpha value is -0.950. The highest BCUT2D eigenvalue weighted by molar-refractivity contribution is 9.09. The van der Waals surface area contributed by atoms with E-state index in [0.717, 1.165) is 5.33 Å². The Morgan fingerprint density at radius 2 is 0.846 bits per heavy atom. The molecule has 0 aliphatic heterocycles. The monoisotopic (exact) mass is 490 g/mol. The van der Waals surface area contributed by atoms with Crippen LogP contribution in [-0.2, 0) is 18.5 Å². The second-order valence-corrected chi connectivity index (χ2v) is 11.6. The minimum absolute atomic E-state index is 0. The minimum atomic E-state index is -1.21. The number of hydrogen-bond acceptors (Lipinski definition) is 0. The molecule has 0 saturated heterocycles. The quantitative estimate of drug-likeness (QED) is 0.330. The molecule has 0 bridgehead atoms. The molecule has 3 heteroatoms. The average Bonchev–Trinajstić information content (AvgIpc) is 2.64. The van der Waals surface area contributed by atoms with E-state index < -0.39 is 7.26 Å². The molecule has 0 aromatic heterocycles. The van der Waals surface area contributed by atoms with Gasteiger partial charge < -0.3 is 17.0 Å². The largest absolute Gasteiger partial charge is 1.00 e. The van der Waals surface area contributed by atoms with E-state index >= 15 is 0 Å². The topological polar surface area (TPSA) is 0 Å². The molecule has 0 fully saturated rings. The lowest BCUT2D eigenvalue weighted by molar-refractivity contribution is -0.00000511. The van der Waals surface area contributed by atoms with Crippen LogP contribution >= 0.6 is 23.2 Å². The molecule has 26 heavy (non-hydrogen) atoms. The van der Waals surface area contributed by atoms with Gasteiger partial charge in [0.2, 0.25) is 0 Å². The molecule has 0 nitrogen and oxygen atoms in total. The van der Waals surface area contributed by atoms with Crippen molar-refractivity contribution >= 4 is 23.2 Å². The van der Waals surface area contributed by atoms with Crippen LogP contribution in [0.2, 0.25) is 0 Å². The van der Waals surface area contributed by atoms with Crippen LogP contribution in [-0.4, -0.2) is 11.5 Å². The number of benzene rings is 3. The van der Waals surface area contributed by atoms with E-state index in [1.807, 2.05) is 0 Å². The summed E-state index contributed by atoms with van der Waals surface area (Å²) in [4.78, 5) is 0. The second-order valence-electron chi connectivity index (χ2n) is 6.69. The smallest absolute Gasteiger partial charge is 0.0849 e. The fraction of sp³-hybridized carbons (Fsp3) is 0.217. The Morgan fingerprint density at radius 1 is 0.538 bits per heavy atom. The van der Waals surface area contributed by atoms with Crippen LogP contribution < -0.4 is 17.0 Å². The van der Waals surface area contributed by atoms with Crippen LogP contribution in [0.1, 0.15) is 16.7 Å². The fourth-order valence-corrected chi connectivity index (χ4v) is 9.88. The summed E-state index contributed by atoms with van der Waals surface area (Å²) in [6.07, 6.45) is 4.90. The van der Waals surface area contributed by atoms with E-state index in [0.29, 0.717) is 0 Å². The molecule has 3 aromatic carbocycles. The van der Waals surface area contributed by atoms with Crippen molar-refractivity contribution in [2.24, 2.45) is 0 Å². The van der Waals surface area contributed by atoms with Crippen LogP contribution in [0.15, 0.2) is 91.0 Å². The predicted molar refractivity (Wildman–Crippen MR) is 116 cm³/mol. The number of hydrogen-bond donors (Lipinski definition) is 0. The Kier molecular flexibility index (Phi) is 9.05. The zero-order chi connectivity index (χ0) is 17.4. The molecule has 0 N–H and O–H groups in total. The van der Waals surface area contributed by atoms with E-state index in [9.17, 15) is 0 Å². The summed E-state index contributed by atoms with van der Waals surface area (Å²) in [6.45, 7) is 0. The maximum absolute atomic E-state index is 3.75. The van der Waals surface area contributed by atoms with E-state index in [1.165, 1.54) is 41.3 Å². The van der Waals surface area contributed by atoms with Crippen LogP contribution in [0, 0.1) is 0 Å². The van der Waals surface area contributed by atoms with E-state index in [4.69, 9.17) is 0 Å². The molecule has 3 rings (SSSR count). The zero-order valence-corrected chi connectivity index (χ0v) is 19.0. The number of halogens is 2. The predicted octanol–water partition coefficient (Wildman–Crippen LogP) is 4.00. The van der Waals surface area contributed by atoms with Gasteiger partial charge in [0, 0.05) is 12.6 Å². The Morgan fingerprint density at radius 3 is 1.12 bits per heavy atom. The van der Waals surface area contributed by atoms with Gasteiger partial charge in [-0.15, -0.1) is 0 Å². The van der Waals surface area contributed by atoms with Crippen LogP contribution in [0.3, 0.4) is 0 Å². The summed E-state index contributed by atoms with van der Waals surface area (Å²) in [7, 11) is -1.21. The first kappa shape index (κ1) is 21.4. The van der Waals surface area contributed by atoms with Gasteiger partial charge in [-0.2, -0.15) is 0 Å². The third-order valence-corrected chi connectivity index (χ3v) is 9.93. The number of rotatable bonds is 8. The Labute approximate surface area is 177 Å². The average molecular weight is 492 g/mol. The molecule has 0 amide bonds. The van der Waals surface area contributed by atoms with Gasteiger partial charge in [0.25, 0.3) is 0 Å². The third kappa shape index (κ3) is 6.34. The summed E-state index contributed by atoms with van der Waals surface area (Å²) in [5.74, 6) is 0. The third-order valence-electron chi connectivity index (χ3n) is 4.64. The minimum Gasteiger partial charge on any atom is -1.00 e. The van der Waals surface area contributed by atoms with Crippen molar-refractivity contribution < 1.29 is 17.0 Å². The van der Waals surface area contributed by atoms with Crippen molar-refractivity contribution in [1.82, 2.24) is 0 Å². The molecule has 0 radical (unpaired) electrons. The van der Waals surface area contributed by atoms with Gasteiger partial charge in [0.1, 0.15) is 0 Å². The molecule has 0 unspecified atom stereocenters. The first-order valence-corrected chi connectivity index (χ1v) is 12.5. The molecule has 3 aromatic rings. The van der Waals surface area contributed by atoms with Crippen molar-refractivity contribution in [2.45, 2.75) is 18.5 Å². The maximum atomic E-state index is 3.75. The molecule has 0 aliphatic carbocycles. The second kappa shape index (κ2) is 11.0. The van der Waals surface area contributed by atoms with Gasteiger partial charge >= 0.3 is 0 Å². The lowest BCUT2D eigenvalue weighted by atomic mass is 10.2. The van der Waals surface area contributed by atoms with E-state index in [-0.39, 0.29) is 17.0 Å². The van der Waals surface area contributed by atoms with Crippen LogP contribution in [0.5, 0.6) is 0 Å². The van der Waals surface area contributed by atoms with Gasteiger partial charge in [-0.3, -0.25) is 0 Å². The molecule has 136 valence electrons. The van der Waals surface area contributed by atoms with Gasteiger partial charge in [-0.05, 0) is 16.7 Å². The first-order chi connectivity index (χ1) is 12.3. The SMILES string of the molecule is BrCC[P+](Cc1ccccc1)(Cc1ccccc1)Cc1ccccc1.[Br-]. The van der Waals surface area contributed by atoms with Crippen LogP contribution in [0.4, 0.5) is 0 Å². The highest BCUT2D eigenvalue weighted by Crippen LogP contribution is 2.66. The Bertz CT molecular complexity index is 644. The summed E-state index contributed by atoms with van der Waals surface area (Å²) < 4.78 is 0. The molecule has 0 atom stereocenters. The van der Waals surface area contributed by atoms with Crippen molar-refractivity contribution in [2.75, 3.05) is 11.5 Å². The zero-order valence-electron chi connectivity index (χ0n) is 14.9. The van der Waals surface area contributed by atoms with E-state index in [1.54, 1.807) is 0 Å². The van der Waals surface area contributed by atoms with Crippen LogP contribution in [0.25, 0.3) is 0 Å².